The van der Waals surface area contributed by atoms with Crippen LogP contribution in [-0.2, 0) is 11.3 Å². The number of carbonyl (C=O) groups is 1. The largest absolute Gasteiger partial charge is 0.483 e. The van der Waals surface area contributed by atoms with Crippen LogP contribution in [0.1, 0.15) is 5.56 Å². The normalized spacial score (nSPS) is 12.2. The summed E-state index contributed by atoms with van der Waals surface area (Å²) in [6.07, 6.45) is 0. The highest BCUT2D eigenvalue weighted by Crippen LogP contribution is 2.32. The Morgan fingerprint density at radius 2 is 1.84 bits per heavy atom. The molecule has 0 aromatic heterocycles. The van der Waals surface area contributed by atoms with E-state index in [0.29, 0.717) is 18.0 Å². The number of rotatable bonds is 5. The van der Waals surface area contributed by atoms with E-state index in [1.165, 1.54) is 0 Å². The lowest BCUT2D eigenvalue weighted by atomic mass is 10.1. The second kappa shape index (κ2) is 6.73. The zero-order valence-corrected chi connectivity index (χ0v) is 13.5. The average Bonchev–Trinajstić information content (AvgIpc) is 3.12. The standard InChI is InChI=1S/C20H17NO4/c22-20(21-11-14-8-9-18-19(10-14)25-13-24-18)12-23-17-7-3-5-15-4-1-2-6-16(15)17/h1-10H,11-13H2,(H,21,22). The van der Waals surface area contributed by atoms with Gasteiger partial charge in [-0.1, -0.05) is 42.5 Å². The molecule has 0 bridgehead atoms. The molecule has 0 saturated carbocycles. The van der Waals surface area contributed by atoms with Gasteiger partial charge >= 0.3 is 0 Å². The zero-order chi connectivity index (χ0) is 17.1. The number of amides is 1. The fraction of sp³-hybridized carbons (Fsp3) is 0.150. The van der Waals surface area contributed by atoms with Gasteiger partial charge in [0.1, 0.15) is 5.75 Å². The summed E-state index contributed by atoms with van der Waals surface area (Å²) < 4.78 is 16.3. The van der Waals surface area contributed by atoms with E-state index < -0.39 is 0 Å². The van der Waals surface area contributed by atoms with Crippen molar-refractivity contribution in [2.75, 3.05) is 13.4 Å². The Morgan fingerprint density at radius 1 is 1.00 bits per heavy atom. The van der Waals surface area contributed by atoms with Gasteiger partial charge in [0.2, 0.25) is 6.79 Å². The molecule has 0 unspecified atom stereocenters. The molecule has 5 heteroatoms. The van der Waals surface area contributed by atoms with E-state index in [0.717, 1.165) is 22.1 Å². The summed E-state index contributed by atoms with van der Waals surface area (Å²) >= 11 is 0. The van der Waals surface area contributed by atoms with Crippen LogP contribution in [-0.4, -0.2) is 19.3 Å². The third-order valence-corrected chi connectivity index (χ3v) is 4.04. The highest BCUT2D eigenvalue weighted by Gasteiger charge is 2.13. The van der Waals surface area contributed by atoms with Crippen LogP contribution in [0.5, 0.6) is 17.2 Å². The Labute approximate surface area is 145 Å². The Bertz CT molecular complexity index is 917. The van der Waals surface area contributed by atoms with Crippen molar-refractivity contribution in [3.05, 3.63) is 66.2 Å². The van der Waals surface area contributed by atoms with E-state index in [4.69, 9.17) is 14.2 Å². The molecule has 126 valence electrons. The summed E-state index contributed by atoms with van der Waals surface area (Å²) in [4.78, 5) is 12.1. The lowest BCUT2D eigenvalue weighted by Gasteiger charge is -2.10. The van der Waals surface area contributed by atoms with Crippen LogP contribution in [0.3, 0.4) is 0 Å². The van der Waals surface area contributed by atoms with Crippen LogP contribution in [0.4, 0.5) is 0 Å². The first-order valence-electron chi connectivity index (χ1n) is 8.05. The lowest BCUT2D eigenvalue weighted by molar-refractivity contribution is -0.123. The molecule has 1 N–H and O–H groups in total. The fourth-order valence-electron chi connectivity index (χ4n) is 2.77. The first-order chi connectivity index (χ1) is 12.3. The molecule has 0 fully saturated rings. The number of fused-ring (bicyclic) bond motifs is 2. The fourth-order valence-corrected chi connectivity index (χ4v) is 2.77. The van der Waals surface area contributed by atoms with E-state index >= 15 is 0 Å². The van der Waals surface area contributed by atoms with Crippen LogP contribution in [0.25, 0.3) is 10.8 Å². The Hall–Kier alpha value is -3.21. The minimum atomic E-state index is -0.175. The van der Waals surface area contributed by atoms with Crippen LogP contribution in [0, 0.1) is 0 Å². The number of ether oxygens (including phenoxy) is 3. The minimum Gasteiger partial charge on any atom is -0.483 e. The van der Waals surface area contributed by atoms with Gasteiger partial charge in [-0.25, -0.2) is 0 Å². The van der Waals surface area contributed by atoms with Crippen molar-refractivity contribution in [3.8, 4) is 17.2 Å². The summed E-state index contributed by atoms with van der Waals surface area (Å²) in [5.41, 5.74) is 0.947. The highest BCUT2D eigenvalue weighted by atomic mass is 16.7. The SMILES string of the molecule is O=C(COc1cccc2ccccc12)NCc1ccc2c(c1)OCO2. The predicted octanol–water partition coefficient (Wildman–Crippen LogP) is 3.26. The topological polar surface area (TPSA) is 56.8 Å². The van der Waals surface area contributed by atoms with Gasteiger partial charge in [0.05, 0.1) is 0 Å². The first-order valence-corrected chi connectivity index (χ1v) is 8.05. The molecule has 1 aliphatic heterocycles. The first kappa shape index (κ1) is 15.3. The number of nitrogens with one attached hydrogen (secondary N) is 1. The predicted molar refractivity (Wildman–Crippen MR) is 93.9 cm³/mol. The van der Waals surface area contributed by atoms with Gasteiger partial charge in [0.15, 0.2) is 18.1 Å². The van der Waals surface area contributed by atoms with Crippen LogP contribution < -0.4 is 19.5 Å². The number of hydrogen-bond donors (Lipinski definition) is 1. The molecule has 5 nitrogen and oxygen atoms in total. The highest BCUT2D eigenvalue weighted by molar-refractivity contribution is 5.88. The van der Waals surface area contributed by atoms with E-state index in [1.807, 2.05) is 60.7 Å². The lowest BCUT2D eigenvalue weighted by Crippen LogP contribution is -2.28. The Balaban J connectivity index is 1.35. The van der Waals surface area contributed by atoms with Crippen molar-refractivity contribution in [1.29, 1.82) is 0 Å². The van der Waals surface area contributed by atoms with Gasteiger partial charge in [-0.3, -0.25) is 4.79 Å². The molecule has 3 aromatic rings. The molecular formula is C20H17NO4. The second-order valence-corrected chi connectivity index (χ2v) is 5.73. The van der Waals surface area contributed by atoms with E-state index in [-0.39, 0.29) is 19.3 Å². The van der Waals surface area contributed by atoms with Crippen molar-refractivity contribution >= 4 is 16.7 Å². The van der Waals surface area contributed by atoms with Gasteiger partial charge < -0.3 is 19.5 Å². The number of hydrogen-bond acceptors (Lipinski definition) is 4. The summed E-state index contributed by atoms with van der Waals surface area (Å²) in [5, 5.41) is 4.93. The maximum absolute atomic E-state index is 12.1. The van der Waals surface area contributed by atoms with Crippen LogP contribution in [0.2, 0.25) is 0 Å². The van der Waals surface area contributed by atoms with Crippen molar-refractivity contribution < 1.29 is 19.0 Å². The number of benzene rings is 3. The van der Waals surface area contributed by atoms with E-state index in [1.54, 1.807) is 0 Å². The maximum Gasteiger partial charge on any atom is 0.258 e. The zero-order valence-electron chi connectivity index (χ0n) is 13.5. The molecule has 1 aliphatic rings. The second-order valence-electron chi connectivity index (χ2n) is 5.73. The summed E-state index contributed by atoms with van der Waals surface area (Å²) in [6, 6.07) is 19.3. The smallest absolute Gasteiger partial charge is 0.258 e. The minimum absolute atomic E-state index is 0.0292. The summed E-state index contributed by atoms with van der Waals surface area (Å²) in [5.74, 6) is 1.97. The van der Waals surface area contributed by atoms with Crippen molar-refractivity contribution in [3.63, 3.8) is 0 Å². The Morgan fingerprint density at radius 3 is 2.80 bits per heavy atom. The van der Waals surface area contributed by atoms with Crippen LogP contribution >= 0.6 is 0 Å². The van der Waals surface area contributed by atoms with Gasteiger partial charge in [0, 0.05) is 11.9 Å². The quantitative estimate of drug-likeness (QED) is 0.777. The number of carbonyl (C=O) groups excluding carboxylic acids is 1. The average molecular weight is 335 g/mol. The van der Waals surface area contributed by atoms with Gasteiger partial charge in [-0.2, -0.15) is 0 Å². The Kier molecular flexibility index (Phi) is 4.12. The molecule has 0 radical (unpaired) electrons. The third-order valence-electron chi connectivity index (χ3n) is 4.04. The van der Waals surface area contributed by atoms with Crippen LogP contribution in [0.15, 0.2) is 60.7 Å². The molecule has 4 rings (SSSR count). The van der Waals surface area contributed by atoms with Gasteiger partial charge in [0.25, 0.3) is 5.91 Å². The monoisotopic (exact) mass is 335 g/mol. The molecule has 0 atom stereocenters. The molecule has 0 saturated heterocycles. The van der Waals surface area contributed by atoms with Crippen molar-refractivity contribution in [2.45, 2.75) is 6.54 Å². The van der Waals surface area contributed by atoms with Gasteiger partial charge in [-0.05, 0) is 29.1 Å². The van der Waals surface area contributed by atoms with Crippen molar-refractivity contribution in [2.24, 2.45) is 0 Å². The molecule has 0 spiro atoms. The van der Waals surface area contributed by atoms with Crippen molar-refractivity contribution in [1.82, 2.24) is 5.32 Å². The summed E-state index contributed by atoms with van der Waals surface area (Å²) in [7, 11) is 0. The molecule has 1 amide bonds. The third kappa shape index (κ3) is 3.35. The van der Waals surface area contributed by atoms with Gasteiger partial charge in [-0.15, -0.1) is 0 Å². The molecule has 0 aliphatic carbocycles. The van der Waals surface area contributed by atoms with E-state index in [2.05, 4.69) is 5.32 Å². The molecule has 1 heterocycles. The molecular weight excluding hydrogens is 318 g/mol. The molecule has 3 aromatic carbocycles. The summed E-state index contributed by atoms with van der Waals surface area (Å²) in [6.45, 7) is 0.622. The maximum atomic E-state index is 12.1. The van der Waals surface area contributed by atoms with E-state index in [9.17, 15) is 4.79 Å². The molecule has 25 heavy (non-hydrogen) atoms.